The first kappa shape index (κ1) is 25.2. The Morgan fingerprint density at radius 3 is 2.06 bits per heavy atom. The first-order valence-corrected chi connectivity index (χ1v) is 10.6. The standard InChI is InChI=1S/C22H30N2O2.C2H2O4/c1-18(2)24-13-11-23(12-14-24)16-20-9-10-21(25-3)22(15-20)26-17-19-7-5-4-6-8-19;3-1(4)2(5)6/h4-10,15,18H,11-14,16-17H2,1-3H3;(H,3,4)(H,5,6). The number of hydrogen-bond donors (Lipinski definition) is 2. The van der Waals surface area contributed by atoms with E-state index in [9.17, 15) is 0 Å². The molecule has 32 heavy (non-hydrogen) atoms. The molecule has 3 rings (SSSR count). The summed E-state index contributed by atoms with van der Waals surface area (Å²) >= 11 is 0. The lowest BCUT2D eigenvalue weighted by Crippen LogP contribution is -2.48. The lowest BCUT2D eigenvalue weighted by Gasteiger charge is -2.37. The number of carbonyl (C=O) groups is 2. The summed E-state index contributed by atoms with van der Waals surface area (Å²) < 4.78 is 11.5. The highest BCUT2D eigenvalue weighted by molar-refractivity contribution is 6.27. The van der Waals surface area contributed by atoms with Gasteiger partial charge in [0.15, 0.2) is 11.5 Å². The van der Waals surface area contributed by atoms with Crippen LogP contribution in [-0.4, -0.2) is 71.3 Å². The van der Waals surface area contributed by atoms with Crippen molar-refractivity contribution in [2.75, 3.05) is 33.3 Å². The SMILES string of the molecule is COc1ccc(CN2CCN(C(C)C)CC2)cc1OCc1ccccc1.O=C(O)C(=O)O. The molecule has 0 aromatic heterocycles. The normalized spacial score (nSPS) is 14.4. The molecule has 0 radical (unpaired) electrons. The number of ether oxygens (including phenoxy) is 2. The summed E-state index contributed by atoms with van der Waals surface area (Å²) in [7, 11) is 1.69. The Balaban J connectivity index is 0.000000534. The van der Waals surface area contributed by atoms with Crippen molar-refractivity contribution in [2.24, 2.45) is 0 Å². The van der Waals surface area contributed by atoms with Crippen LogP contribution in [0.3, 0.4) is 0 Å². The minimum absolute atomic E-state index is 0.549. The fourth-order valence-corrected chi connectivity index (χ4v) is 3.36. The van der Waals surface area contributed by atoms with Gasteiger partial charge >= 0.3 is 11.9 Å². The zero-order valence-corrected chi connectivity index (χ0v) is 18.9. The molecule has 1 heterocycles. The maximum Gasteiger partial charge on any atom is 0.414 e. The molecule has 0 unspecified atom stereocenters. The number of benzene rings is 2. The molecule has 1 aliphatic rings. The van der Waals surface area contributed by atoms with Crippen molar-refractivity contribution < 1.29 is 29.3 Å². The van der Waals surface area contributed by atoms with E-state index in [0.29, 0.717) is 12.6 Å². The van der Waals surface area contributed by atoms with Crippen molar-refractivity contribution >= 4 is 11.9 Å². The summed E-state index contributed by atoms with van der Waals surface area (Å²) in [5.41, 5.74) is 2.43. The van der Waals surface area contributed by atoms with Crippen LogP contribution >= 0.6 is 0 Å². The molecule has 0 amide bonds. The summed E-state index contributed by atoms with van der Waals surface area (Å²) in [6.45, 7) is 10.6. The van der Waals surface area contributed by atoms with E-state index >= 15 is 0 Å². The van der Waals surface area contributed by atoms with Gasteiger partial charge in [-0.05, 0) is 37.1 Å². The number of hydrogen-bond acceptors (Lipinski definition) is 6. The average molecular weight is 445 g/mol. The topological polar surface area (TPSA) is 99.5 Å². The smallest absolute Gasteiger partial charge is 0.414 e. The van der Waals surface area contributed by atoms with Crippen LogP contribution in [0.25, 0.3) is 0 Å². The number of rotatable bonds is 7. The number of aliphatic carboxylic acids is 2. The van der Waals surface area contributed by atoms with E-state index in [2.05, 4.69) is 47.9 Å². The maximum atomic E-state index is 9.10. The minimum atomic E-state index is -1.82. The van der Waals surface area contributed by atoms with Crippen LogP contribution in [0.1, 0.15) is 25.0 Å². The lowest BCUT2D eigenvalue weighted by atomic mass is 10.1. The first-order chi connectivity index (χ1) is 15.3. The Kier molecular flexibility index (Phi) is 9.97. The van der Waals surface area contributed by atoms with Crippen LogP contribution in [0.15, 0.2) is 48.5 Å². The minimum Gasteiger partial charge on any atom is -0.493 e. The summed E-state index contributed by atoms with van der Waals surface area (Å²) in [5.74, 6) is -2.05. The van der Waals surface area contributed by atoms with Crippen molar-refractivity contribution in [1.82, 2.24) is 9.80 Å². The van der Waals surface area contributed by atoms with E-state index in [-0.39, 0.29) is 0 Å². The van der Waals surface area contributed by atoms with Gasteiger partial charge in [0.25, 0.3) is 0 Å². The summed E-state index contributed by atoms with van der Waals surface area (Å²) in [4.78, 5) is 23.3. The molecule has 1 fully saturated rings. The van der Waals surface area contributed by atoms with Gasteiger partial charge < -0.3 is 19.7 Å². The summed E-state index contributed by atoms with van der Waals surface area (Å²) in [5, 5.41) is 14.8. The number of carboxylic acids is 2. The Hall–Kier alpha value is -3.10. The molecule has 2 aromatic rings. The van der Waals surface area contributed by atoms with Gasteiger partial charge in [-0.3, -0.25) is 9.80 Å². The number of nitrogens with zero attached hydrogens (tertiary/aromatic N) is 2. The molecule has 2 aromatic carbocycles. The van der Waals surface area contributed by atoms with Crippen LogP contribution in [-0.2, 0) is 22.7 Å². The number of carboxylic acid groups (broad SMARTS) is 2. The van der Waals surface area contributed by atoms with Crippen molar-refractivity contribution in [3.05, 3.63) is 59.7 Å². The Labute approximate surface area is 189 Å². The van der Waals surface area contributed by atoms with Gasteiger partial charge in [-0.25, -0.2) is 9.59 Å². The van der Waals surface area contributed by atoms with Gasteiger partial charge in [0, 0.05) is 38.8 Å². The summed E-state index contributed by atoms with van der Waals surface area (Å²) in [6.07, 6.45) is 0. The van der Waals surface area contributed by atoms with Gasteiger partial charge in [-0.2, -0.15) is 0 Å². The average Bonchev–Trinajstić information content (AvgIpc) is 2.79. The highest BCUT2D eigenvalue weighted by Crippen LogP contribution is 2.29. The second-order valence-corrected chi connectivity index (χ2v) is 7.78. The molecule has 0 saturated carbocycles. The van der Waals surface area contributed by atoms with Crippen LogP contribution < -0.4 is 9.47 Å². The van der Waals surface area contributed by atoms with Crippen LogP contribution in [0.2, 0.25) is 0 Å². The predicted octanol–water partition coefficient (Wildman–Crippen LogP) is 2.96. The van der Waals surface area contributed by atoms with Gasteiger partial charge in [0.2, 0.25) is 0 Å². The van der Waals surface area contributed by atoms with Gasteiger partial charge in [-0.15, -0.1) is 0 Å². The molecular formula is C24H32N2O6. The molecule has 174 valence electrons. The monoisotopic (exact) mass is 444 g/mol. The van der Waals surface area contributed by atoms with Gasteiger partial charge in [0.1, 0.15) is 6.61 Å². The molecular weight excluding hydrogens is 412 g/mol. The van der Waals surface area contributed by atoms with E-state index in [1.807, 2.05) is 24.3 Å². The van der Waals surface area contributed by atoms with Crippen LogP contribution in [0, 0.1) is 0 Å². The highest BCUT2D eigenvalue weighted by Gasteiger charge is 2.19. The van der Waals surface area contributed by atoms with E-state index in [1.165, 1.54) is 5.56 Å². The van der Waals surface area contributed by atoms with Gasteiger partial charge in [-0.1, -0.05) is 36.4 Å². The number of methoxy groups -OCH3 is 1. The third-order valence-corrected chi connectivity index (χ3v) is 5.19. The maximum absolute atomic E-state index is 9.10. The second-order valence-electron chi connectivity index (χ2n) is 7.78. The third kappa shape index (κ3) is 8.20. The van der Waals surface area contributed by atoms with E-state index in [0.717, 1.165) is 49.8 Å². The zero-order valence-electron chi connectivity index (χ0n) is 18.9. The van der Waals surface area contributed by atoms with Gasteiger partial charge in [0.05, 0.1) is 7.11 Å². The molecule has 0 atom stereocenters. The molecule has 8 heteroatoms. The molecule has 1 aliphatic heterocycles. The predicted molar refractivity (Wildman–Crippen MR) is 121 cm³/mol. The molecule has 2 N–H and O–H groups in total. The molecule has 0 aliphatic carbocycles. The Morgan fingerprint density at radius 2 is 1.53 bits per heavy atom. The Morgan fingerprint density at radius 1 is 0.906 bits per heavy atom. The van der Waals surface area contributed by atoms with Crippen molar-refractivity contribution in [3.8, 4) is 11.5 Å². The first-order valence-electron chi connectivity index (χ1n) is 10.6. The van der Waals surface area contributed by atoms with E-state index in [4.69, 9.17) is 29.3 Å². The molecule has 1 saturated heterocycles. The summed E-state index contributed by atoms with van der Waals surface area (Å²) in [6, 6.07) is 17.1. The largest absolute Gasteiger partial charge is 0.493 e. The number of piperazine rings is 1. The molecule has 0 spiro atoms. The van der Waals surface area contributed by atoms with Crippen molar-refractivity contribution in [2.45, 2.75) is 33.0 Å². The van der Waals surface area contributed by atoms with Crippen molar-refractivity contribution in [1.29, 1.82) is 0 Å². The highest BCUT2D eigenvalue weighted by atomic mass is 16.5. The Bertz CT molecular complexity index is 852. The van der Waals surface area contributed by atoms with E-state index < -0.39 is 11.9 Å². The van der Waals surface area contributed by atoms with E-state index in [1.54, 1.807) is 7.11 Å². The van der Waals surface area contributed by atoms with Crippen molar-refractivity contribution in [3.63, 3.8) is 0 Å². The lowest BCUT2D eigenvalue weighted by molar-refractivity contribution is -0.159. The van der Waals surface area contributed by atoms with Crippen LogP contribution in [0.4, 0.5) is 0 Å². The third-order valence-electron chi connectivity index (χ3n) is 5.19. The zero-order chi connectivity index (χ0) is 23.5. The fourth-order valence-electron chi connectivity index (χ4n) is 3.36. The molecule has 0 bridgehead atoms. The molecule has 8 nitrogen and oxygen atoms in total. The second kappa shape index (κ2) is 12.7. The van der Waals surface area contributed by atoms with Crippen LogP contribution in [0.5, 0.6) is 11.5 Å². The quantitative estimate of drug-likeness (QED) is 0.629. The fraction of sp³-hybridized carbons (Fsp3) is 0.417.